The number of ether oxygens (including phenoxy) is 2. The van der Waals surface area contributed by atoms with Crippen LogP contribution >= 0.6 is 11.6 Å². The number of sulfonamides is 1. The molecule has 1 saturated heterocycles. The van der Waals surface area contributed by atoms with Crippen molar-refractivity contribution in [2.45, 2.75) is 38.1 Å². The molecular formula is C25H28ClN5O7S. The van der Waals surface area contributed by atoms with E-state index in [-0.39, 0.29) is 23.2 Å². The van der Waals surface area contributed by atoms with E-state index in [0.717, 1.165) is 12.1 Å². The highest BCUT2D eigenvalue weighted by atomic mass is 35.5. The molecule has 3 aromatic rings. The number of nitrogens with one attached hydrogen (secondary N) is 1. The summed E-state index contributed by atoms with van der Waals surface area (Å²) >= 11 is 6.06. The van der Waals surface area contributed by atoms with Gasteiger partial charge >= 0.3 is 0 Å². The number of hydrogen-bond acceptors (Lipinski definition) is 8. The molecule has 1 fully saturated rings. The van der Waals surface area contributed by atoms with Crippen molar-refractivity contribution in [1.29, 1.82) is 0 Å². The van der Waals surface area contributed by atoms with E-state index in [1.807, 2.05) is 0 Å². The zero-order valence-electron chi connectivity index (χ0n) is 21.8. The number of nitro groups is 1. The first-order chi connectivity index (χ1) is 18.3. The van der Waals surface area contributed by atoms with Gasteiger partial charge in [-0.3, -0.25) is 14.9 Å². The van der Waals surface area contributed by atoms with Crippen LogP contribution in [0.5, 0.6) is 11.6 Å². The lowest BCUT2D eigenvalue weighted by Gasteiger charge is -2.26. The van der Waals surface area contributed by atoms with E-state index in [0.29, 0.717) is 42.6 Å². The Balaban J connectivity index is 1.86. The maximum Gasteiger partial charge on any atom is 0.274 e. The normalized spacial score (nSPS) is 14.3. The molecule has 1 amide bonds. The number of nitrogens with zero attached hydrogens (tertiary/aromatic N) is 4. The lowest BCUT2D eigenvalue weighted by Crippen LogP contribution is -2.41. The smallest absolute Gasteiger partial charge is 0.274 e. The lowest BCUT2D eigenvalue weighted by molar-refractivity contribution is -0.385. The summed E-state index contributed by atoms with van der Waals surface area (Å²) in [6.45, 7) is 8.16. The second kappa shape index (κ2) is 10.9. The predicted molar refractivity (Wildman–Crippen MR) is 143 cm³/mol. The van der Waals surface area contributed by atoms with Gasteiger partial charge in [0.15, 0.2) is 5.69 Å². The van der Waals surface area contributed by atoms with Crippen LogP contribution in [0.3, 0.4) is 0 Å². The highest BCUT2D eigenvalue weighted by Gasteiger charge is 2.31. The molecule has 0 aliphatic carbocycles. The molecule has 1 aromatic heterocycles. The summed E-state index contributed by atoms with van der Waals surface area (Å²) in [7, 11) is -4.26. The van der Waals surface area contributed by atoms with Gasteiger partial charge < -0.3 is 14.4 Å². The van der Waals surface area contributed by atoms with Crippen LogP contribution in [-0.4, -0.2) is 65.8 Å². The molecule has 4 rings (SSSR count). The lowest BCUT2D eigenvalue weighted by atomic mass is 10.1. The number of halogens is 1. The maximum atomic E-state index is 13.4. The Morgan fingerprint density at radius 2 is 1.79 bits per heavy atom. The fourth-order valence-corrected chi connectivity index (χ4v) is 5.64. The summed E-state index contributed by atoms with van der Waals surface area (Å²) < 4.78 is 42.0. The number of benzene rings is 2. The molecule has 0 bridgehead atoms. The van der Waals surface area contributed by atoms with Gasteiger partial charge in [0.2, 0.25) is 15.9 Å². The fourth-order valence-electron chi connectivity index (χ4n) is 3.94. The Labute approximate surface area is 230 Å². The Hall–Kier alpha value is -3.52. The second-order valence-corrected chi connectivity index (χ2v) is 12.0. The van der Waals surface area contributed by atoms with Crippen molar-refractivity contribution in [3.05, 3.63) is 68.9 Å². The van der Waals surface area contributed by atoms with Gasteiger partial charge in [-0.05, 0) is 58.0 Å². The van der Waals surface area contributed by atoms with Crippen molar-refractivity contribution in [3.8, 4) is 17.3 Å². The van der Waals surface area contributed by atoms with Crippen LogP contribution in [0.4, 0.5) is 5.69 Å². The first kappa shape index (κ1) is 28.5. The van der Waals surface area contributed by atoms with Crippen LogP contribution in [0.2, 0.25) is 5.02 Å². The Morgan fingerprint density at radius 3 is 2.38 bits per heavy atom. The van der Waals surface area contributed by atoms with Gasteiger partial charge in [0.25, 0.3) is 11.6 Å². The molecule has 39 heavy (non-hydrogen) atoms. The van der Waals surface area contributed by atoms with E-state index < -0.39 is 31.1 Å². The van der Waals surface area contributed by atoms with Gasteiger partial charge in [-0.1, -0.05) is 11.6 Å². The van der Waals surface area contributed by atoms with Crippen LogP contribution in [-0.2, 0) is 14.8 Å². The summed E-state index contributed by atoms with van der Waals surface area (Å²) in [5.74, 6) is -0.449. The van der Waals surface area contributed by atoms with Crippen LogP contribution < -0.4 is 9.46 Å². The van der Waals surface area contributed by atoms with Gasteiger partial charge in [0.1, 0.15) is 10.6 Å². The molecule has 0 saturated carbocycles. The molecule has 208 valence electrons. The highest BCUT2D eigenvalue weighted by Crippen LogP contribution is 2.36. The fraction of sp³-hybridized carbons (Fsp3) is 0.360. The zero-order valence-corrected chi connectivity index (χ0v) is 23.4. The second-order valence-electron chi connectivity index (χ2n) is 9.92. The van der Waals surface area contributed by atoms with Gasteiger partial charge in [0, 0.05) is 41.3 Å². The minimum atomic E-state index is -4.26. The number of nitro benzene ring substituents is 1. The van der Waals surface area contributed by atoms with Crippen molar-refractivity contribution < 1.29 is 27.6 Å². The zero-order chi connectivity index (χ0) is 28.5. The van der Waals surface area contributed by atoms with E-state index in [9.17, 15) is 23.3 Å². The Morgan fingerprint density at radius 1 is 1.15 bits per heavy atom. The molecule has 0 radical (unpaired) electrons. The van der Waals surface area contributed by atoms with Crippen molar-refractivity contribution >= 4 is 33.2 Å². The Bertz CT molecular complexity index is 1510. The molecule has 0 spiro atoms. The molecule has 1 aliphatic heterocycles. The maximum absolute atomic E-state index is 13.4. The standard InChI is InChI=1S/C25H28ClN5O7S/c1-16-22(23(32)29-11-13-37-14-12-29)27-30(18-7-5-17(26)6-8-18)24(16)38-20-10-9-19(31(33)34)15-21(20)39(35,36)28-25(2,3)4/h5-10,15,28H,11-14H2,1-4H3. The molecule has 0 atom stereocenters. The van der Waals surface area contributed by atoms with Gasteiger partial charge in [-0.2, -0.15) is 9.78 Å². The van der Waals surface area contributed by atoms with Crippen LogP contribution in [0, 0.1) is 17.0 Å². The minimum absolute atomic E-state index is 0.0648. The summed E-state index contributed by atoms with van der Waals surface area (Å²) in [5.41, 5.74) is -0.340. The van der Waals surface area contributed by atoms with E-state index in [1.165, 1.54) is 10.7 Å². The SMILES string of the molecule is Cc1c(C(=O)N2CCOCC2)nn(-c2ccc(Cl)cc2)c1Oc1ccc([N+](=O)[O-])cc1S(=O)(=O)NC(C)(C)C. The number of hydrogen-bond donors (Lipinski definition) is 1. The number of aromatic nitrogens is 2. The highest BCUT2D eigenvalue weighted by molar-refractivity contribution is 7.89. The van der Waals surface area contributed by atoms with Gasteiger partial charge in [-0.15, -0.1) is 0 Å². The third-order valence-electron chi connectivity index (χ3n) is 5.72. The summed E-state index contributed by atoms with van der Waals surface area (Å²) in [5, 5.41) is 16.5. The summed E-state index contributed by atoms with van der Waals surface area (Å²) in [4.78, 5) is 25.3. The predicted octanol–water partition coefficient (Wildman–Crippen LogP) is 4.08. The molecule has 12 nitrogen and oxygen atoms in total. The molecule has 2 aromatic carbocycles. The van der Waals surface area contributed by atoms with E-state index in [1.54, 1.807) is 56.9 Å². The Kier molecular flexibility index (Phi) is 7.98. The quantitative estimate of drug-likeness (QED) is 0.326. The number of carbonyl (C=O) groups excluding carboxylic acids is 1. The van der Waals surface area contributed by atoms with Gasteiger partial charge in [-0.25, -0.2) is 13.1 Å². The average Bonchev–Trinajstić information content (AvgIpc) is 3.19. The third kappa shape index (κ3) is 6.38. The molecule has 0 unspecified atom stereocenters. The number of rotatable bonds is 7. The summed E-state index contributed by atoms with van der Waals surface area (Å²) in [6.07, 6.45) is 0. The van der Waals surface area contributed by atoms with E-state index in [4.69, 9.17) is 21.1 Å². The summed E-state index contributed by atoms with van der Waals surface area (Å²) in [6, 6.07) is 9.88. The van der Waals surface area contributed by atoms with Crippen molar-refractivity contribution in [1.82, 2.24) is 19.4 Å². The van der Waals surface area contributed by atoms with Crippen LogP contribution in [0.15, 0.2) is 47.4 Å². The minimum Gasteiger partial charge on any atom is -0.437 e. The van der Waals surface area contributed by atoms with Crippen molar-refractivity contribution in [2.75, 3.05) is 26.3 Å². The molecule has 14 heteroatoms. The van der Waals surface area contributed by atoms with E-state index in [2.05, 4.69) is 9.82 Å². The molecular weight excluding hydrogens is 550 g/mol. The largest absolute Gasteiger partial charge is 0.437 e. The number of carbonyl (C=O) groups is 1. The number of morpholine rings is 1. The van der Waals surface area contributed by atoms with Crippen LogP contribution in [0.1, 0.15) is 36.8 Å². The number of non-ortho nitro benzene ring substituents is 1. The molecule has 1 N–H and O–H groups in total. The average molecular weight is 578 g/mol. The molecule has 1 aliphatic rings. The van der Waals surface area contributed by atoms with Crippen molar-refractivity contribution in [3.63, 3.8) is 0 Å². The van der Waals surface area contributed by atoms with Crippen molar-refractivity contribution in [2.24, 2.45) is 0 Å². The topological polar surface area (TPSA) is 146 Å². The third-order valence-corrected chi connectivity index (χ3v) is 7.75. The van der Waals surface area contributed by atoms with E-state index >= 15 is 0 Å². The number of amides is 1. The first-order valence-corrected chi connectivity index (χ1v) is 13.9. The first-order valence-electron chi connectivity index (χ1n) is 12.0. The molecule has 2 heterocycles. The van der Waals surface area contributed by atoms with Crippen LogP contribution in [0.25, 0.3) is 5.69 Å². The van der Waals surface area contributed by atoms with Gasteiger partial charge in [0.05, 0.1) is 23.8 Å². The monoisotopic (exact) mass is 577 g/mol.